The number of hydrogen-bond donors (Lipinski definition) is 1. The highest BCUT2D eigenvalue weighted by atomic mass is 16.5. The molecule has 0 saturated heterocycles. The monoisotopic (exact) mass is 222 g/mol. The van der Waals surface area contributed by atoms with E-state index < -0.39 is 0 Å². The molecule has 0 bridgehead atoms. The number of phenolic OH excluding ortho intramolecular Hbond substituents is 1. The van der Waals surface area contributed by atoms with Crippen LogP contribution in [0.4, 0.5) is 0 Å². The van der Waals surface area contributed by atoms with Gasteiger partial charge in [-0.05, 0) is 36.5 Å². The Labute approximate surface area is 98.3 Å². The largest absolute Gasteiger partial charge is 0.504 e. The molecule has 1 atom stereocenters. The lowest BCUT2D eigenvalue weighted by Crippen LogP contribution is -1.97. The molecule has 1 aromatic carbocycles. The first-order valence-electron chi connectivity index (χ1n) is 6.03. The summed E-state index contributed by atoms with van der Waals surface area (Å²) in [6.45, 7) is 4.52. The van der Waals surface area contributed by atoms with Gasteiger partial charge in [-0.25, -0.2) is 0 Å². The van der Waals surface area contributed by atoms with Crippen molar-refractivity contribution in [1.29, 1.82) is 0 Å². The highest BCUT2D eigenvalue weighted by molar-refractivity contribution is 5.41. The lowest BCUT2D eigenvalue weighted by Gasteiger charge is -2.10. The van der Waals surface area contributed by atoms with E-state index in [1.807, 2.05) is 12.1 Å². The Morgan fingerprint density at radius 1 is 1.31 bits per heavy atom. The lowest BCUT2D eigenvalue weighted by atomic mass is 9.97. The van der Waals surface area contributed by atoms with Gasteiger partial charge >= 0.3 is 0 Å². The van der Waals surface area contributed by atoms with Crippen molar-refractivity contribution in [1.82, 2.24) is 0 Å². The second kappa shape index (κ2) is 6.41. The summed E-state index contributed by atoms with van der Waals surface area (Å²) in [4.78, 5) is 0. The molecule has 0 saturated carbocycles. The van der Waals surface area contributed by atoms with Crippen LogP contribution in [0.25, 0.3) is 0 Å². The average molecular weight is 222 g/mol. The van der Waals surface area contributed by atoms with Gasteiger partial charge in [0.15, 0.2) is 11.5 Å². The molecular weight excluding hydrogens is 200 g/mol. The molecule has 2 heteroatoms. The van der Waals surface area contributed by atoms with Gasteiger partial charge in [0.1, 0.15) is 0 Å². The van der Waals surface area contributed by atoms with E-state index in [9.17, 15) is 5.11 Å². The third-order valence-electron chi connectivity index (χ3n) is 2.95. The molecule has 0 radical (unpaired) electrons. The van der Waals surface area contributed by atoms with Crippen LogP contribution in [0.3, 0.4) is 0 Å². The first kappa shape index (κ1) is 12.9. The maximum atomic E-state index is 9.47. The molecule has 0 fully saturated rings. The molecule has 0 aromatic heterocycles. The van der Waals surface area contributed by atoms with Gasteiger partial charge in [0.25, 0.3) is 0 Å². The normalized spacial score (nSPS) is 12.4. The van der Waals surface area contributed by atoms with E-state index in [4.69, 9.17) is 4.74 Å². The van der Waals surface area contributed by atoms with E-state index in [-0.39, 0.29) is 5.75 Å². The Hall–Kier alpha value is -1.18. The quantitative estimate of drug-likeness (QED) is 0.794. The van der Waals surface area contributed by atoms with Crippen LogP contribution in [0.15, 0.2) is 18.2 Å². The summed E-state index contributed by atoms with van der Waals surface area (Å²) in [5.41, 5.74) is 1.23. The molecule has 0 amide bonds. The van der Waals surface area contributed by atoms with Crippen molar-refractivity contribution in [2.75, 3.05) is 7.11 Å². The molecule has 1 N–H and O–H groups in total. The van der Waals surface area contributed by atoms with Crippen molar-refractivity contribution in [2.24, 2.45) is 5.92 Å². The number of ether oxygens (including phenoxy) is 1. The van der Waals surface area contributed by atoms with Crippen LogP contribution >= 0.6 is 0 Å². The number of methoxy groups -OCH3 is 1. The van der Waals surface area contributed by atoms with Gasteiger partial charge in [-0.15, -0.1) is 0 Å². The minimum absolute atomic E-state index is 0.216. The Balaban J connectivity index is 2.54. The van der Waals surface area contributed by atoms with Crippen molar-refractivity contribution < 1.29 is 9.84 Å². The minimum atomic E-state index is 0.216. The van der Waals surface area contributed by atoms with Crippen LogP contribution in [-0.4, -0.2) is 12.2 Å². The van der Waals surface area contributed by atoms with Crippen molar-refractivity contribution in [3.05, 3.63) is 23.8 Å². The fourth-order valence-corrected chi connectivity index (χ4v) is 1.93. The van der Waals surface area contributed by atoms with Crippen molar-refractivity contribution in [3.63, 3.8) is 0 Å². The number of aromatic hydroxyl groups is 1. The molecule has 1 unspecified atom stereocenters. The van der Waals surface area contributed by atoms with E-state index in [1.165, 1.54) is 24.8 Å². The van der Waals surface area contributed by atoms with E-state index >= 15 is 0 Å². The minimum Gasteiger partial charge on any atom is -0.504 e. The Bertz CT molecular complexity index is 321. The zero-order valence-corrected chi connectivity index (χ0v) is 10.5. The molecule has 1 rings (SSSR count). The van der Waals surface area contributed by atoms with Gasteiger partial charge in [0.2, 0.25) is 0 Å². The highest BCUT2D eigenvalue weighted by Crippen LogP contribution is 2.27. The van der Waals surface area contributed by atoms with Crippen molar-refractivity contribution in [3.8, 4) is 11.5 Å². The van der Waals surface area contributed by atoms with Gasteiger partial charge in [0, 0.05) is 0 Å². The van der Waals surface area contributed by atoms with Crippen LogP contribution in [0.5, 0.6) is 11.5 Å². The fraction of sp³-hybridized carbons (Fsp3) is 0.571. The van der Waals surface area contributed by atoms with Crippen LogP contribution in [0, 0.1) is 5.92 Å². The topological polar surface area (TPSA) is 29.5 Å². The predicted octanol–water partition coefficient (Wildman–Crippen LogP) is 3.77. The maximum absolute atomic E-state index is 9.47. The molecule has 2 nitrogen and oxygen atoms in total. The van der Waals surface area contributed by atoms with E-state index in [1.54, 1.807) is 13.2 Å². The summed E-state index contributed by atoms with van der Waals surface area (Å²) in [7, 11) is 1.58. The van der Waals surface area contributed by atoms with E-state index in [0.717, 1.165) is 12.3 Å². The smallest absolute Gasteiger partial charge is 0.160 e. The first-order valence-corrected chi connectivity index (χ1v) is 6.03. The number of phenols is 1. The fourth-order valence-electron chi connectivity index (χ4n) is 1.93. The van der Waals surface area contributed by atoms with Gasteiger partial charge in [-0.1, -0.05) is 32.8 Å². The van der Waals surface area contributed by atoms with Crippen LogP contribution in [0.2, 0.25) is 0 Å². The molecule has 90 valence electrons. The van der Waals surface area contributed by atoms with E-state index in [0.29, 0.717) is 5.75 Å². The van der Waals surface area contributed by atoms with E-state index in [2.05, 4.69) is 13.8 Å². The maximum Gasteiger partial charge on any atom is 0.160 e. The zero-order valence-electron chi connectivity index (χ0n) is 10.5. The Kier molecular flexibility index (Phi) is 5.17. The standard InChI is InChI=1S/C14H22O2/c1-4-5-11(2)6-7-12-8-9-13(15)14(10-12)16-3/h8-11,15H,4-7H2,1-3H3. The van der Waals surface area contributed by atoms with Crippen molar-refractivity contribution >= 4 is 0 Å². The molecule has 0 aliphatic carbocycles. The average Bonchev–Trinajstić information content (AvgIpc) is 2.28. The van der Waals surface area contributed by atoms with Crippen LogP contribution in [-0.2, 0) is 6.42 Å². The second-order valence-electron chi connectivity index (χ2n) is 4.44. The third kappa shape index (κ3) is 3.76. The van der Waals surface area contributed by atoms with Gasteiger partial charge < -0.3 is 9.84 Å². The Morgan fingerprint density at radius 2 is 2.06 bits per heavy atom. The molecular formula is C14H22O2. The lowest BCUT2D eigenvalue weighted by molar-refractivity contribution is 0.372. The summed E-state index contributed by atoms with van der Waals surface area (Å²) in [5.74, 6) is 1.55. The molecule has 1 aromatic rings. The van der Waals surface area contributed by atoms with Gasteiger partial charge in [-0.3, -0.25) is 0 Å². The molecule has 16 heavy (non-hydrogen) atoms. The molecule has 0 heterocycles. The van der Waals surface area contributed by atoms with Crippen LogP contribution < -0.4 is 4.74 Å². The van der Waals surface area contributed by atoms with Crippen LogP contribution in [0.1, 0.15) is 38.7 Å². The second-order valence-corrected chi connectivity index (χ2v) is 4.44. The molecule has 0 spiro atoms. The molecule has 0 aliphatic heterocycles. The Morgan fingerprint density at radius 3 is 2.69 bits per heavy atom. The van der Waals surface area contributed by atoms with Gasteiger partial charge in [0.05, 0.1) is 7.11 Å². The summed E-state index contributed by atoms with van der Waals surface area (Å²) in [6, 6.07) is 5.60. The highest BCUT2D eigenvalue weighted by Gasteiger charge is 2.05. The number of hydrogen-bond acceptors (Lipinski definition) is 2. The van der Waals surface area contributed by atoms with Crippen molar-refractivity contribution in [2.45, 2.75) is 39.5 Å². The first-order chi connectivity index (χ1) is 7.67. The predicted molar refractivity (Wildman–Crippen MR) is 67.1 cm³/mol. The number of aryl methyl sites for hydroxylation is 1. The third-order valence-corrected chi connectivity index (χ3v) is 2.95. The molecule has 0 aliphatic rings. The number of benzene rings is 1. The summed E-state index contributed by atoms with van der Waals surface area (Å²) >= 11 is 0. The summed E-state index contributed by atoms with van der Waals surface area (Å²) in [6.07, 6.45) is 4.79. The summed E-state index contributed by atoms with van der Waals surface area (Å²) < 4.78 is 5.09. The summed E-state index contributed by atoms with van der Waals surface area (Å²) in [5, 5.41) is 9.47. The zero-order chi connectivity index (χ0) is 12.0. The SMILES string of the molecule is CCCC(C)CCc1ccc(O)c(OC)c1. The number of rotatable bonds is 6. The van der Waals surface area contributed by atoms with Gasteiger partial charge in [-0.2, -0.15) is 0 Å².